The standard InChI is InChI=1S/C24H28N4O2S/c29-23-20-16-7-8-17(15-16)21(20)24(30)28(23)10-4-3-9-26-11-13-27(14-12-26)22-18-5-1-2-6-19(18)31-25-22/h1-6,16-17,20-21H,7-15H2/b4-3+/t16-,17+,20+,21-. The van der Waals surface area contributed by atoms with Gasteiger partial charge in [-0.25, -0.2) is 0 Å². The number of anilines is 1. The van der Waals surface area contributed by atoms with Crippen LogP contribution in [0, 0.1) is 23.7 Å². The van der Waals surface area contributed by atoms with E-state index in [0.29, 0.717) is 18.4 Å². The van der Waals surface area contributed by atoms with E-state index in [1.807, 2.05) is 6.08 Å². The van der Waals surface area contributed by atoms with E-state index in [4.69, 9.17) is 0 Å². The van der Waals surface area contributed by atoms with E-state index in [2.05, 4.69) is 44.5 Å². The maximum atomic E-state index is 12.8. The first-order valence-electron chi connectivity index (χ1n) is 11.5. The molecule has 2 aromatic rings. The van der Waals surface area contributed by atoms with Crippen LogP contribution in [0.15, 0.2) is 36.4 Å². The van der Waals surface area contributed by atoms with E-state index >= 15 is 0 Å². The molecule has 4 atom stereocenters. The fourth-order valence-corrected chi connectivity index (χ4v) is 7.09. The topological polar surface area (TPSA) is 56.8 Å². The van der Waals surface area contributed by atoms with Crippen molar-refractivity contribution >= 4 is 39.3 Å². The van der Waals surface area contributed by atoms with Crippen molar-refractivity contribution in [2.24, 2.45) is 23.7 Å². The van der Waals surface area contributed by atoms with Gasteiger partial charge in [-0.2, -0.15) is 4.37 Å². The van der Waals surface area contributed by atoms with Crippen LogP contribution in [0.2, 0.25) is 0 Å². The first kappa shape index (κ1) is 19.4. The average molecular weight is 437 g/mol. The second-order valence-corrected chi connectivity index (χ2v) is 10.2. The summed E-state index contributed by atoms with van der Waals surface area (Å²) in [6, 6.07) is 8.43. The van der Waals surface area contributed by atoms with E-state index in [-0.39, 0.29) is 23.7 Å². The Morgan fingerprint density at radius 1 is 0.935 bits per heavy atom. The van der Waals surface area contributed by atoms with Crippen LogP contribution in [0.3, 0.4) is 0 Å². The molecular formula is C24H28N4O2S. The Balaban J connectivity index is 1.01. The highest BCUT2D eigenvalue weighted by atomic mass is 32.1. The van der Waals surface area contributed by atoms with Crippen molar-refractivity contribution in [3.05, 3.63) is 36.4 Å². The number of aromatic nitrogens is 1. The number of imide groups is 1. The molecule has 2 saturated heterocycles. The maximum absolute atomic E-state index is 12.8. The molecule has 31 heavy (non-hydrogen) atoms. The van der Waals surface area contributed by atoms with Crippen molar-refractivity contribution in [2.45, 2.75) is 19.3 Å². The van der Waals surface area contributed by atoms with Crippen molar-refractivity contribution in [3.63, 3.8) is 0 Å². The second-order valence-electron chi connectivity index (χ2n) is 9.43. The van der Waals surface area contributed by atoms with Crippen LogP contribution >= 0.6 is 11.5 Å². The molecule has 162 valence electrons. The lowest BCUT2D eigenvalue weighted by atomic mass is 9.81. The molecule has 1 aromatic heterocycles. The predicted octanol–water partition coefficient (Wildman–Crippen LogP) is 3.01. The van der Waals surface area contributed by atoms with Gasteiger partial charge in [0, 0.05) is 44.7 Å². The van der Waals surface area contributed by atoms with Crippen LogP contribution in [0.5, 0.6) is 0 Å². The van der Waals surface area contributed by atoms with Gasteiger partial charge >= 0.3 is 0 Å². The van der Waals surface area contributed by atoms with E-state index in [9.17, 15) is 9.59 Å². The van der Waals surface area contributed by atoms with Crippen molar-refractivity contribution in [3.8, 4) is 0 Å². The predicted molar refractivity (Wildman–Crippen MR) is 122 cm³/mol. The fraction of sp³-hybridized carbons (Fsp3) is 0.542. The largest absolute Gasteiger partial charge is 0.353 e. The Morgan fingerprint density at radius 3 is 2.35 bits per heavy atom. The van der Waals surface area contributed by atoms with Crippen LogP contribution in [-0.4, -0.2) is 65.3 Å². The van der Waals surface area contributed by atoms with E-state index in [1.54, 1.807) is 11.5 Å². The molecule has 1 aromatic carbocycles. The van der Waals surface area contributed by atoms with E-state index in [0.717, 1.165) is 57.8 Å². The number of fused-ring (bicyclic) bond motifs is 6. The lowest BCUT2D eigenvalue weighted by Crippen LogP contribution is -2.46. The van der Waals surface area contributed by atoms with Crippen LogP contribution in [0.4, 0.5) is 5.82 Å². The first-order valence-corrected chi connectivity index (χ1v) is 12.3. The Labute approximate surface area is 186 Å². The van der Waals surface area contributed by atoms with Crippen molar-refractivity contribution in [2.75, 3.05) is 44.2 Å². The van der Waals surface area contributed by atoms with Gasteiger partial charge < -0.3 is 4.90 Å². The highest BCUT2D eigenvalue weighted by molar-refractivity contribution is 7.13. The summed E-state index contributed by atoms with van der Waals surface area (Å²) < 4.78 is 5.92. The number of piperazine rings is 1. The quantitative estimate of drug-likeness (QED) is 0.533. The normalized spacial score (nSPS) is 31.0. The highest BCUT2D eigenvalue weighted by Gasteiger charge is 2.60. The minimum absolute atomic E-state index is 0.00507. The van der Waals surface area contributed by atoms with Gasteiger partial charge in [-0.1, -0.05) is 24.3 Å². The van der Waals surface area contributed by atoms with Gasteiger partial charge in [-0.3, -0.25) is 19.4 Å². The third-order valence-electron chi connectivity index (χ3n) is 7.87. The molecule has 0 radical (unpaired) electrons. The van der Waals surface area contributed by atoms with Gasteiger partial charge in [-0.15, -0.1) is 0 Å². The Hall–Kier alpha value is -2.25. The summed E-state index contributed by atoms with van der Waals surface area (Å²) in [5.41, 5.74) is 0. The maximum Gasteiger partial charge on any atom is 0.233 e. The van der Waals surface area contributed by atoms with Crippen molar-refractivity contribution in [1.29, 1.82) is 0 Å². The Morgan fingerprint density at radius 2 is 1.61 bits per heavy atom. The zero-order chi connectivity index (χ0) is 20.9. The summed E-state index contributed by atoms with van der Waals surface area (Å²) >= 11 is 1.57. The lowest BCUT2D eigenvalue weighted by molar-refractivity contribution is -0.140. The summed E-state index contributed by atoms with van der Waals surface area (Å²) in [5.74, 6) is 2.22. The third kappa shape index (κ3) is 3.21. The zero-order valence-electron chi connectivity index (χ0n) is 17.7. The van der Waals surface area contributed by atoms with Gasteiger partial charge in [0.15, 0.2) is 0 Å². The molecule has 2 aliphatic heterocycles. The Bertz CT molecular complexity index is 1010. The molecule has 6 nitrogen and oxygen atoms in total. The molecule has 3 heterocycles. The smallest absolute Gasteiger partial charge is 0.233 e. The molecular weight excluding hydrogens is 408 g/mol. The van der Waals surface area contributed by atoms with Gasteiger partial charge in [0.2, 0.25) is 11.8 Å². The van der Waals surface area contributed by atoms with Crippen LogP contribution in [0.1, 0.15) is 19.3 Å². The number of benzene rings is 1. The van der Waals surface area contributed by atoms with Crippen molar-refractivity contribution < 1.29 is 9.59 Å². The summed E-state index contributed by atoms with van der Waals surface area (Å²) in [6.07, 6.45) is 7.50. The molecule has 7 heteroatoms. The molecule has 2 aliphatic carbocycles. The third-order valence-corrected chi connectivity index (χ3v) is 8.68. The molecule has 2 amide bonds. The molecule has 6 rings (SSSR count). The number of rotatable bonds is 5. The summed E-state index contributed by atoms with van der Waals surface area (Å²) in [5, 5.41) is 1.25. The minimum atomic E-state index is -0.00507. The van der Waals surface area contributed by atoms with Crippen molar-refractivity contribution in [1.82, 2.24) is 14.2 Å². The second kappa shape index (κ2) is 7.71. The molecule has 4 aliphatic rings. The molecule has 0 spiro atoms. The van der Waals surface area contributed by atoms with E-state index < -0.39 is 0 Å². The molecule has 2 bridgehead atoms. The van der Waals surface area contributed by atoms with Gasteiger partial charge in [0.1, 0.15) is 5.82 Å². The van der Waals surface area contributed by atoms with Crippen LogP contribution < -0.4 is 4.90 Å². The van der Waals surface area contributed by atoms with Gasteiger partial charge in [0.25, 0.3) is 0 Å². The molecule has 0 N–H and O–H groups in total. The minimum Gasteiger partial charge on any atom is -0.353 e. The van der Waals surface area contributed by atoms with E-state index in [1.165, 1.54) is 15.0 Å². The lowest BCUT2D eigenvalue weighted by Gasteiger charge is -2.34. The summed E-state index contributed by atoms with van der Waals surface area (Å²) in [7, 11) is 0. The van der Waals surface area contributed by atoms with Gasteiger partial charge in [0.05, 0.1) is 16.5 Å². The number of likely N-dealkylation sites (tertiary alicyclic amines) is 1. The average Bonchev–Trinajstić information content (AvgIpc) is 3.56. The highest BCUT2D eigenvalue weighted by Crippen LogP contribution is 2.56. The number of carbonyl (C=O) groups excluding carboxylic acids is 2. The molecule has 0 unspecified atom stereocenters. The monoisotopic (exact) mass is 436 g/mol. The number of hydrogen-bond acceptors (Lipinski definition) is 6. The van der Waals surface area contributed by atoms with Gasteiger partial charge in [-0.05, 0) is 54.8 Å². The van der Waals surface area contributed by atoms with Crippen LogP contribution in [0.25, 0.3) is 10.1 Å². The number of nitrogens with zero attached hydrogens (tertiary/aromatic N) is 4. The molecule has 2 saturated carbocycles. The summed E-state index contributed by atoms with van der Waals surface area (Å²) in [4.78, 5) is 31.9. The zero-order valence-corrected chi connectivity index (χ0v) is 18.5. The number of hydrogen-bond donors (Lipinski definition) is 0. The first-order chi connectivity index (χ1) is 15.2. The Kier molecular flexibility index (Phi) is 4.83. The molecule has 4 fully saturated rings. The fourth-order valence-electron chi connectivity index (χ4n) is 6.30. The summed E-state index contributed by atoms with van der Waals surface area (Å²) in [6.45, 7) is 5.22. The van der Waals surface area contributed by atoms with Crippen LogP contribution in [-0.2, 0) is 9.59 Å². The number of carbonyl (C=O) groups is 2. The SMILES string of the molecule is O=C1[C@@H]2[C@H]3CC[C@H](C3)[C@@H]2C(=O)N1C/C=C/CN1CCN(c2nsc3ccccc23)CC1. The number of amides is 2.